The summed E-state index contributed by atoms with van der Waals surface area (Å²) in [5.41, 5.74) is 0. The van der Waals surface area contributed by atoms with Gasteiger partial charge in [0.25, 0.3) is 0 Å². The van der Waals surface area contributed by atoms with Gasteiger partial charge in [0.2, 0.25) is 0 Å². The van der Waals surface area contributed by atoms with E-state index in [1.807, 2.05) is 6.92 Å². The number of aliphatic hydroxyl groups excluding tert-OH is 2. The van der Waals surface area contributed by atoms with Crippen molar-refractivity contribution in [3.05, 3.63) is 0 Å². The molecule has 2 unspecified atom stereocenters. The third-order valence-corrected chi connectivity index (χ3v) is 1.37. The van der Waals surface area contributed by atoms with E-state index in [1.54, 1.807) is 6.92 Å². The normalized spacial score (nSPS) is 16.0. The van der Waals surface area contributed by atoms with E-state index >= 15 is 0 Å². The SMILES string of the molecule is CC(CO)OCC(C)OCCO. The lowest BCUT2D eigenvalue weighted by atomic mass is 10.4. The highest BCUT2D eigenvalue weighted by Crippen LogP contribution is 1.95. The maximum atomic E-state index is 8.62. The van der Waals surface area contributed by atoms with Gasteiger partial charge in [0.15, 0.2) is 0 Å². The molecule has 0 aromatic rings. The van der Waals surface area contributed by atoms with E-state index in [-0.39, 0.29) is 25.4 Å². The van der Waals surface area contributed by atoms with Crippen LogP contribution in [0.5, 0.6) is 0 Å². The lowest BCUT2D eigenvalue weighted by Crippen LogP contribution is -2.23. The van der Waals surface area contributed by atoms with Crippen molar-refractivity contribution in [2.75, 3.05) is 26.4 Å². The maximum Gasteiger partial charge on any atom is 0.0781 e. The van der Waals surface area contributed by atoms with Crippen LogP contribution >= 0.6 is 0 Å². The predicted molar refractivity (Wildman–Crippen MR) is 45.0 cm³/mol. The van der Waals surface area contributed by atoms with Gasteiger partial charge in [0.1, 0.15) is 0 Å². The summed E-state index contributed by atoms with van der Waals surface area (Å²) in [7, 11) is 0. The molecule has 0 spiro atoms. The Morgan fingerprint density at radius 2 is 1.75 bits per heavy atom. The predicted octanol–water partition coefficient (Wildman–Crippen LogP) is -0.219. The molecule has 0 fully saturated rings. The Balaban J connectivity index is 3.24. The Bertz CT molecular complexity index is 97.1. The Kier molecular flexibility index (Phi) is 7.39. The van der Waals surface area contributed by atoms with Crippen LogP contribution in [0.15, 0.2) is 0 Å². The molecule has 4 nitrogen and oxygen atoms in total. The zero-order chi connectivity index (χ0) is 9.40. The van der Waals surface area contributed by atoms with Crippen LogP contribution in [0.3, 0.4) is 0 Å². The minimum Gasteiger partial charge on any atom is -0.394 e. The molecule has 74 valence electrons. The quantitative estimate of drug-likeness (QED) is 0.566. The van der Waals surface area contributed by atoms with Gasteiger partial charge in [0, 0.05) is 0 Å². The third kappa shape index (κ3) is 6.54. The van der Waals surface area contributed by atoms with Gasteiger partial charge in [-0.15, -0.1) is 0 Å². The van der Waals surface area contributed by atoms with Crippen LogP contribution in [0.25, 0.3) is 0 Å². The van der Waals surface area contributed by atoms with Crippen molar-refractivity contribution in [3.8, 4) is 0 Å². The van der Waals surface area contributed by atoms with E-state index in [2.05, 4.69) is 0 Å². The molecule has 2 atom stereocenters. The fourth-order valence-electron chi connectivity index (χ4n) is 0.654. The molecule has 0 radical (unpaired) electrons. The van der Waals surface area contributed by atoms with Crippen molar-refractivity contribution in [1.29, 1.82) is 0 Å². The summed E-state index contributed by atoms with van der Waals surface area (Å²) in [5, 5.41) is 17.1. The number of ether oxygens (including phenoxy) is 2. The van der Waals surface area contributed by atoms with E-state index in [9.17, 15) is 0 Å². The molecule has 0 aliphatic heterocycles. The van der Waals surface area contributed by atoms with Crippen LogP contribution in [0.4, 0.5) is 0 Å². The average molecular weight is 178 g/mol. The maximum absolute atomic E-state index is 8.62. The molecule has 0 aliphatic rings. The van der Waals surface area contributed by atoms with Gasteiger partial charge in [-0.05, 0) is 13.8 Å². The van der Waals surface area contributed by atoms with Crippen molar-refractivity contribution in [1.82, 2.24) is 0 Å². The molecule has 0 rings (SSSR count). The monoisotopic (exact) mass is 178 g/mol. The van der Waals surface area contributed by atoms with Crippen LogP contribution in [-0.2, 0) is 9.47 Å². The standard InChI is InChI=1S/C8H18O4/c1-7(5-10)12-6-8(2)11-4-3-9/h7-10H,3-6H2,1-2H3. The first-order valence-corrected chi connectivity index (χ1v) is 4.15. The zero-order valence-corrected chi connectivity index (χ0v) is 7.69. The second kappa shape index (κ2) is 7.49. The summed E-state index contributed by atoms with van der Waals surface area (Å²) in [6, 6.07) is 0. The van der Waals surface area contributed by atoms with Crippen molar-refractivity contribution < 1.29 is 19.7 Å². The lowest BCUT2D eigenvalue weighted by molar-refractivity contribution is -0.0513. The summed E-state index contributed by atoms with van der Waals surface area (Å²) in [4.78, 5) is 0. The molecule has 0 saturated carbocycles. The molecule has 0 heterocycles. The zero-order valence-electron chi connectivity index (χ0n) is 7.69. The summed E-state index contributed by atoms with van der Waals surface area (Å²) >= 11 is 0. The highest BCUT2D eigenvalue weighted by molar-refractivity contribution is 4.50. The van der Waals surface area contributed by atoms with Crippen LogP contribution in [0, 0.1) is 0 Å². The average Bonchev–Trinajstić information content (AvgIpc) is 2.10. The molecular weight excluding hydrogens is 160 g/mol. The molecule has 0 bridgehead atoms. The molecule has 0 saturated heterocycles. The Morgan fingerprint density at radius 1 is 1.08 bits per heavy atom. The van der Waals surface area contributed by atoms with Gasteiger partial charge in [-0.1, -0.05) is 0 Å². The summed E-state index contributed by atoms with van der Waals surface area (Å²) in [6.45, 7) is 4.48. The molecule has 4 heteroatoms. The van der Waals surface area contributed by atoms with E-state index in [1.165, 1.54) is 0 Å². The van der Waals surface area contributed by atoms with Gasteiger partial charge in [-0.2, -0.15) is 0 Å². The van der Waals surface area contributed by atoms with Crippen molar-refractivity contribution in [2.24, 2.45) is 0 Å². The highest BCUT2D eigenvalue weighted by atomic mass is 16.5. The summed E-state index contributed by atoms with van der Waals surface area (Å²) in [5.74, 6) is 0. The van der Waals surface area contributed by atoms with Gasteiger partial charge < -0.3 is 19.7 Å². The van der Waals surface area contributed by atoms with Crippen molar-refractivity contribution in [3.63, 3.8) is 0 Å². The first-order chi connectivity index (χ1) is 5.70. The number of rotatable bonds is 7. The van der Waals surface area contributed by atoms with Gasteiger partial charge in [-0.3, -0.25) is 0 Å². The van der Waals surface area contributed by atoms with Crippen LogP contribution in [-0.4, -0.2) is 48.8 Å². The minimum atomic E-state index is -0.148. The number of hydrogen-bond donors (Lipinski definition) is 2. The molecule has 0 amide bonds. The molecule has 0 aromatic heterocycles. The van der Waals surface area contributed by atoms with Gasteiger partial charge in [-0.25, -0.2) is 0 Å². The molecule has 2 N–H and O–H groups in total. The lowest BCUT2D eigenvalue weighted by Gasteiger charge is -2.15. The van der Waals surface area contributed by atoms with Crippen LogP contribution < -0.4 is 0 Å². The Hall–Kier alpha value is -0.160. The number of hydrogen-bond acceptors (Lipinski definition) is 4. The fraction of sp³-hybridized carbons (Fsp3) is 1.00. The minimum absolute atomic E-state index is 0.0206. The highest BCUT2D eigenvalue weighted by Gasteiger charge is 2.04. The largest absolute Gasteiger partial charge is 0.394 e. The van der Waals surface area contributed by atoms with E-state index in [0.29, 0.717) is 13.2 Å². The number of aliphatic hydroxyl groups is 2. The van der Waals surface area contributed by atoms with E-state index < -0.39 is 0 Å². The van der Waals surface area contributed by atoms with Crippen molar-refractivity contribution in [2.45, 2.75) is 26.1 Å². The molecule has 0 aromatic carbocycles. The van der Waals surface area contributed by atoms with E-state index in [4.69, 9.17) is 19.7 Å². The topological polar surface area (TPSA) is 58.9 Å². The summed E-state index contributed by atoms with van der Waals surface area (Å²) in [6.07, 6.45) is -0.184. The fourth-order valence-corrected chi connectivity index (χ4v) is 0.654. The van der Waals surface area contributed by atoms with Crippen molar-refractivity contribution >= 4 is 0 Å². The molecule has 12 heavy (non-hydrogen) atoms. The Morgan fingerprint density at radius 3 is 2.25 bits per heavy atom. The second-order valence-electron chi connectivity index (χ2n) is 2.73. The second-order valence-corrected chi connectivity index (χ2v) is 2.73. The van der Waals surface area contributed by atoms with Crippen LogP contribution in [0.1, 0.15) is 13.8 Å². The van der Waals surface area contributed by atoms with Gasteiger partial charge >= 0.3 is 0 Å². The Labute approximate surface area is 73.1 Å². The van der Waals surface area contributed by atoms with Gasteiger partial charge in [0.05, 0.1) is 38.6 Å². The van der Waals surface area contributed by atoms with Crippen LogP contribution in [0.2, 0.25) is 0 Å². The molecular formula is C8H18O4. The summed E-state index contributed by atoms with van der Waals surface area (Å²) < 4.78 is 10.3. The third-order valence-electron chi connectivity index (χ3n) is 1.37. The first-order valence-electron chi connectivity index (χ1n) is 4.15. The molecule has 0 aliphatic carbocycles. The first kappa shape index (κ1) is 11.8. The smallest absolute Gasteiger partial charge is 0.0781 e. The van der Waals surface area contributed by atoms with E-state index in [0.717, 1.165) is 0 Å².